The average molecular weight is 210 g/mol. The van der Waals surface area contributed by atoms with E-state index in [9.17, 15) is 0 Å². The van der Waals surface area contributed by atoms with Crippen LogP contribution in [-0.4, -0.2) is 25.2 Å². The summed E-state index contributed by atoms with van der Waals surface area (Å²) in [4.78, 5) is 0. The van der Waals surface area contributed by atoms with Crippen LogP contribution in [0.25, 0.3) is 0 Å². The van der Waals surface area contributed by atoms with E-state index in [1.165, 1.54) is 25.8 Å². The van der Waals surface area contributed by atoms with E-state index in [0.29, 0.717) is 22.9 Å². The van der Waals surface area contributed by atoms with Crippen LogP contribution >= 0.6 is 0 Å². The smallest absolute Gasteiger partial charge is 0.0192 e. The van der Waals surface area contributed by atoms with Gasteiger partial charge in [0.1, 0.15) is 0 Å². The summed E-state index contributed by atoms with van der Waals surface area (Å²) in [6.45, 7) is 11.9. The van der Waals surface area contributed by atoms with Crippen LogP contribution in [0.1, 0.15) is 47.0 Å². The topological polar surface area (TPSA) is 24.1 Å². The van der Waals surface area contributed by atoms with Crippen molar-refractivity contribution in [2.45, 2.75) is 59.0 Å². The molecule has 2 nitrogen and oxygen atoms in total. The minimum absolute atomic E-state index is 0.474. The first kappa shape index (κ1) is 11.4. The van der Waals surface area contributed by atoms with Crippen molar-refractivity contribution >= 4 is 0 Å². The molecule has 1 heterocycles. The van der Waals surface area contributed by atoms with Gasteiger partial charge in [-0.2, -0.15) is 0 Å². The summed E-state index contributed by atoms with van der Waals surface area (Å²) in [6.07, 6.45) is 4.11. The highest BCUT2D eigenvalue weighted by atomic mass is 15.1. The third-order valence-corrected chi connectivity index (χ3v) is 5.00. The molecule has 1 saturated carbocycles. The molecule has 0 aromatic heterocycles. The zero-order valence-corrected chi connectivity index (χ0v) is 10.7. The second kappa shape index (κ2) is 3.74. The highest BCUT2D eigenvalue weighted by Gasteiger charge is 2.64. The average Bonchev–Trinajstić information content (AvgIpc) is 2.57. The Hall–Kier alpha value is -0.0800. The predicted molar refractivity (Wildman–Crippen MR) is 65.0 cm³/mol. The van der Waals surface area contributed by atoms with Crippen molar-refractivity contribution in [2.24, 2.45) is 10.8 Å². The zero-order chi connectivity index (χ0) is 11.1. The minimum atomic E-state index is 0.474. The van der Waals surface area contributed by atoms with Gasteiger partial charge in [0, 0.05) is 18.6 Å². The summed E-state index contributed by atoms with van der Waals surface area (Å²) in [5, 5.41) is 7.34. The first-order valence-electron chi connectivity index (χ1n) is 6.43. The first-order valence-corrected chi connectivity index (χ1v) is 6.43. The molecule has 0 radical (unpaired) electrons. The number of hydrogen-bond acceptors (Lipinski definition) is 2. The van der Waals surface area contributed by atoms with E-state index in [4.69, 9.17) is 0 Å². The van der Waals surface area contributed by atoms with Crippen LogP contribution in [0.3, 0.4) is 0 Å². The molecular weight excluding hydrogens is 184 g/mol. The molecule has 2 N–H and O–H groups in total. The van der Waals surface area contributed by atoms with Crippen molar-refractivity contribution in [1.29, 1.82) is 0 Å². The van der Waals surface area contributed by atoms with E-state index >= 15 is 0 Å². The van der Waals surface area contributed by atoms with Crippen molar-refractivity contribution < 1.29 is 0 Å². The van der Waals surface area contributed by atoms with Crippen LogP contribution in [0.15, 0.2) is 0 Å². The van der Waals surface area contributed by atoms with Crippen molar-refractivity contribution in [3.8, 4) is 0 Å². The Balaban J connectivity index is 1.75. The van der Waals surface area contributed by atoms with Crippen LogP contribution in [-0.2, 0) is 0 Å². The maximum atomic E-state index is 3.74. The maximum Gasteiger partial charge on any atom is 0.0192 e. The first-order chi connectivity index (χ1) is 6.96. The lowest BCUT2D eigenvalue weighted by molar-refractivity contribution is 0.373. The normalized spacial score (nSPS) is 34.0. The summed E-state index contributed by atoms with van der Waals surface area (Å²) in [7, 11) is 0. The van der Waals surface area contributed by atoms with Gasteiger partial charge in [0.05, 0.1) is 0 Å². The molecule has 0 aromatic carbocycles. The van der Waals surface area contributed by atoms with Crippen LogP contribution in [0, 0.1) is 10.8 Å². The van der Waals surface area contributed by atoms with Crippen LogP contribution in [0.2, 0.25) is 0 Å². The van der Waals surface area contributed by atoms with Crippen LogP contribution in [0.5, 0.6) is 0 Å². The molecule has 1 atom stereocenters. The molecule has 0 amide bonds. The Bertz CT molecular complexity index is 213. The molecule has 1 unspecified atom stereocenters. The largest absolute Gasteiger partial charge is 0.313 e. The van der Waals surface area contributed by atoms with Gasteiger partial charge >= 0.3 is 0 Å². The van der Waals surface area contributed by atoms with Gasteiger partial charge in [-0.3, -0.25) is 0 Å². The molecule has 2 aliphatic rings. The third kappa shape index (κ3) is 1.94. The molecule has 1 aliphatic carbocycles. The summed E-state index contributed by atoms with van der Waals surface area (Å²) >= 11 is 0. The molecule has 2 fully saturated rings. The second-order valence-electron chi connectivity index (χ2n) is 6.43. The molecule has 0 aromatic rings. The lowest BCUT2D eigenvalue weighted by Gasteiger charge is -2.24. The van der Waals surface area contributed by atoms with Crippen molar-refractivity contribution in [3.05, 3.63) is 0 Å². The number of rotatable bonds is 3. The van der Waals surface area contributed by atoms with Gasteiger partial charge in [-0.25, -0.2) is 0 Å². The van der Waals surface area contributed by atoms with Gasteiger partial charge in [0.15, 0.2) is 0 Å². The molecule has 1 saturated heterocycles. The fraction of sp³-hybridized carbons (Fsp3) is 1.00. The van der Waals surface area contributed by atoms with Crippen LogP contribution < -0.4 is 10.6 Å². The minimum Gasteiger partial charge on any atom is -0.313 e. The number of nitrogens with one attached hydrogen (secondary N) is 2. The van der Waals surface area contributed by atoms with Crippen molar-refractivity contribution in [3.63, 3.8) is 0 Å². The van der Waals surface area contributed by atoms with Gasteiger partial charge < -0.3 is 10.6 Å². The molecule has 1 aliphatic heterocycles. The third-order valence-electron chi connectivity index (χ3n) is 5.00. The Morgan fingerprint density at radius 3 is 2.27 bits per heavy atom. The van der Waals surface area contributed by atoms with Gasteiger partial charge in [-0.15, -0.1) is 0 Å². The highest BCUT2D eigenvalue weighted by Crippen LogP contribution is 2.62. The van der Waals surface area contributed by atoms with E-state index in [1.54, 1.807) is 0 Å². The van der Waals surface area contributed by atoms with Gasteiger partial charge in [-0.05, 0) is 30.2 Å². The molecule has 15 heavy (non-hydrogen) atoms. The summed E-state index contributed by atoms with van der Waals surface area (Å²) in [5.74, 6) is 0. The Morgan fingerprint density at radius 1 is 1.13 bits per heavy atom. The number of hydrogen-bond donors (Lipinski definition) is 2. The van der Waals surface area contributed by atoms with Crippen molar-refractivity contribution in [2.75, 3.05) is 13.1 Å². The van der Waals surface area contributed by atoms with Crippen LogP contribution in [0.4, 0.5) is 0 Å². The van der Waals surface area contributed by atoms with Gasteiger partial charge in [0.25, 0.3) is 0 Å². The Morgan fingerprint density at radius 2 is 1.80 bits per heavy atom. The zero-order valence-electron chi connectivity index (χ0n) is 10.7. The predicted octanol–water partition coefficient (Wildman–Crippen LogP) is 2.15. The van der Waals surface area contributed by atoms with Crippen molar-refractivity contribution in [1.82, 2.24) is 10.6 Å². The maximum absolute atomic E-state index is 3.74. The monoisotopic (exact) mass is 210 g/mol. The van der Waals surface area contributed by atoms with Gasteiger partial charge in [-0.1, -0.05) is 34.1 Å². The summed E-state index contributed by atoms with van der Waals surface area (Å²) in [5.41, 5.74) is 0.948. The molecule has 0 bridgehead atoms. The molecular formula is C13H26N2. The summed E-state index contributed by atoms with van der Waals surface area (Å²) in [6, 6.07) is 1.42. The molecule has 2 heteroatoms. The van der Waals surface area contributed by atoms with E-state index < -0.39 is 0 Å². The fourth-order valence-corrected chi connectivity index (χ4v) is 3.07. The fourth-order valence-electron chi connectivity index (χ4n) is 3.07. The SMILES string of the molecule is CC1(C)C(NCC2CCCCN2)C1(C)C. The number of piperidine rings is 1. The molecule has 0 spiro atoms. The highest BCUT2D eigenvalue weighted by molar-refractivity contribution is 5.17. The van der Waals surface area contributed by atoms with E-state index in [1.807, 2.05) is 0 Å². The second-order valence-corrected chi connectivity index (χ2v) is 6.43. The lowest BCUT2D eigenvalue weighted by atomic mass is 10.0. The lowest BCUT2D eigenvalue weighted by Crippen LogP contribution is -2.43. The standard InChI is InChI=1S/C13H26N2/c1-12(2)11(13(12,3)4)15-9-10-7-5-6-8-14-10/h10-11,14-15H,5-9H2,1-4H3. The quantitative estimate of drug-likeness (QED) is 0.746. The van der Waals surface area contributed by atoms with E-state index in [0.717, 1.165) is 6.54 Å². The van der Waals surface area contributed by atoms with E-state index in [-0.39, 0.29) is 0 Å². The Labute approximate surface area is 94.2 Å². The van der Waals surface area contributed by atoms with Gasteiger partial charge in [0.2, 0.25) is 0 Å². The van der Waals surface area contributed by atoms with E-state index in [2.05, 4.69) is 38.3 Å². The molecule has 2 rings (SSSR count). The Kier molecular flexibility index (Phi) is 2.85. The summed E-state index contributed by atoms with van der Waals surface area (Å²) < 4.78 is 0. The molecule has 88 valence electrons.